The molecular formula is C36H69NO5. The van der Waals surface area contributed by atoms with Gasteiger partial charge < -0.3 is 19.5 Å². The number of carbonyl (C=O) groups is 2. The summed E-state index contributed by atoms with van der Waals surface area (Å²) >= 11 is 0. The van der Waals surface area contributed by atoms with Crippen molar-refractivity contribution in [1.82, 2.24) is 4.90 Å². The van der Waals surface area contributed by atoms with Crippen LogP contribution in [0, 0.1) is 5.92 Å². The first-order valence-corrected chi connectivity index (χ1v) is 17.8. The van der Waals surface area contributed by atoms with Crippen LogP contribution in [0.1, 0.15) is 168 Å². The van der Waals surface area contributed by atoms with Gasteiger partial charge in [-0.05, 0) is 77.4 Å². The number of esters is 2. The molecule has 1 N–H and O–H groups in total. The number of hydrogen-bond donors (Lipinski definition) is 1. The second kappa shape index (κ2) is 31.0. The SMILES string of the molecule is C=C(C)OC(=O)CCCCCCCN(CCCCO)CCCCCCCC(=O)OCCC(CCCCC)CCCCC. The van der Waals surface area contributed by atoms with Crippen molar-refractivity contribution in [2.24, 2.45) is 5.92 Å². The van der Waals surface area contributed by atoms with E-state index in [1.165, 1.54) is 83.5 Å². The van der Waals surface area contributed by atoms with Crippen molar-refractivity contribution in [2.45, 2.75) is 168 Å². The zero-order chi connectivity index (χ0) is 31.1. The van der Waals surface area contributed by atoms with Gasteiger partial charge in [-0.25, -0.2) is 0 Å². The van der Waals surface area contributed by atoms with Crippen LogP contribution in [0.15, 0.2) is 12.3 Å². The summed E-state index contributed by atoms with van der Waals surface area (Å²) in [5, 5.41) is 9.16. The fourth-order valence-electron chi connectivity index (χ4n) is 5.51. The molecule has 0 atom stereocenters. The molecule has 0 radical (unpaired) electrons. The van der Waals surface area contributed by atoms with Gasteiger partial charge in [-0.3, -0.25) is 9.59 Å². The smallest absolute Gasteiger partial charge is 0.310 e. The summed E-state index contributed by atoms with van der Waals surface area (Å²) < 4.78 is 10.6. The van der Waals surface area contributed by atoms with Crippen molar-refractivity contribution >= 4 is 11.9 Å². The second-order valence-electron chi connectivity index (χ2n) is 12.4. The minimum absolute atomic E-state index is 0.0160. The predicted molar refractivity (Wildman–Crippen MR) is 176 cm³/mol. The summed E-state index contributed by atoms with van der Waals surface area (Å²) in [7, 11) is 0. The lowest BCUT2D eigenvalue weighted by molar-refractivity contribution is -0.144. The summed E-state index contributed by atoms with van der Waals surface area (Å²) in [6, 6.07) is 0. The maximum absolute atomic E-state index is 12.2. The zero-order valence-corrected chi connectivity index (χ0v) is 28.1. The van der Waals surface area contributed by atoms with E-state index in [1.807, 2.05) is 0 Å². The van der Waals surface area contributed by atoms with E-state index in [2.05, 4.69) is 25.3 Å². The number of aliphatic hydroxyl groups is 1. The molecule has 42 heavy (non-hydrogen) atoms. The molecule has 0 aromatic carbocycles. The minimum Gasteiger partial charge on any atom is -0.466 e. The third-order valence-corrected chi connectivity index (χ3v) is 8.10. The highest BCUT2D eigenvalue weighted by molar-refractivity contribution is 5.70. The molecule has 0 aliphatic heterocycles. The maximum atomic E-state index is 12.2. The molecule has 0 bridgehead atoms. The van der Waals surface area contributed by atoms with E-state index >= 15 is 0 Å². The topological polar surface area (TPSA) is 76.1 Å². The molecule has 0 heterocycles. The standard InChI is InChI=1S/C36H69NO5/c1-5-7-15-23-34(24-16-8-6-2)27-32-41-35(39)25-17-11-9-13-19-28-37(30-21-22-31-38)29-20-14-10-12-18-26-36(40)42-33(3)4/h34,38H,3,5-32H2,1-2,4H3. The lowest BCUT2D eigenvalue weighted by Crippen LogP contribution is -2.27. The fraction of sp³-hybridized carbons (Fsp3) is 0.889. The molecule has 0 aromatic rings. The number of nitrogens with zero attached hydrogens (tertiary/aromatic N) is 1. The van der Waals surface area contributed by atoms with Crippen LogP contribution in [0.25, 0.3) is 0 Å². The van der Waals surface area contributed by atoms with Crippen molar-refractivity contribution in [2.75, 3.05) is 32.8 Å². The van der Waals surface area contributed by atoms with Gasteiger partial charge >= 0.3 is 11.9 Å². The van der Waals surface area contributed by atoms with Crippen molar-refractivity contribution < 1.29 is 24.2 Å². The first-order valence-electron chi connectivity index (χ1n) is 17.8. The van der Waals surface area contributed by atoms with E-state index in [9.17, 15) is 9.59 Å². The van der Waals surface area contributed by atoms with Crippen LogP contribution in [0.5, 0.6) is 0 Å². The number of aliphatic hydroxyl groups excluding tert-OH is 1. The van der Waals surface area contributed by atoms with Crippen LogP contribution in [-0.4, -0.2) is 54.8 Å². The van der Waals surface area contributed by atoms with Crippen LogP contribution in [0.4, 0.5) is 0 Å². The van der Waals surface area contributed by atoms with Gasteiger partial charge in [-0.1, -0.05) is 110 Å². The lowest BCUT2D eigenvalue weighted by atomic mass is 9.92. The van der Waals surface area contributed by atoms with E-state index < -0.39 is 0 Å². The Labute approximate surface area is 260 Å². The van der Waals surface area contributed by atoms with Gasteiger partial charge in [0, 0.05) is 19.4 Å². The van der Waals surface area contributed by atoms with Gasteiger partial charge in [-0.15, -0.1) is 0 Å². The summed E-state index contributed by atoms with van der Waals surface area (Å²) in [6.45, 7) is 13.9. The second-order valence-corrected chi connectivity index (χ2v) is 12.4. The molecule has 0 rings (SSSR count). The molecule has 6 heteroatoms. The molecule has 0 amide bonds. The van der Waals surface area contributed by atoms with E-state index in [4.69, 9.17) is 14.6 Å². The van der Waals surface area contributed by atoms with Crippen LogP contribution in [0.2, 0.25) is 0 Å². The van der Waals surface area contributed by atoms with Crippen molar-refractivity contribution in [3.8, 4) is 0 Å². The highest BCUT2D eigenvalue weighted by Crippen LogP contribution is 2.21. The number of allylic oxidation sites excluding steroid dienone is 1. The first kappa shape index (κ1) is 40.6. The lowest BCUT2D eigenvalue weighted by Gasteiger charge is -2.22. The number of rotatable bonds is 32. The summed E-state index contributed by atoms with van der Waals surface area (Å²) in [5.74, 6) is 0.986. The zero-order valence-electron chi connectivity index (χ0n) is 28.1. The van der Waals surface area contributed by atoms with E-state index in [0.717, 1.165) is 71.0 Å². The Morgan fingerprint density at radius 2 is 1.12 bits per heavy atom. The molecule has 0 saturated heterocycles. The number of unbranched alkanes of at least 4 members (excludes halogenated alkanes) is 13. The Morgan fingerprint density at radius 3 is 1.62 bits per heavy atom. The van der Waals surface area contributed by atoms with Crippen molar-refractivity contribution in [3.63, 3.8) is 0 Å². The van der Waals surface area contributed by atoms with Crippen LogP contribution in [0.3, 0.4) is 0 Å². The van der Waals surface area contributed by atoms with Crippen LogP contribution < -0.4 is 0 Å². The Kier molecular flexibility index (Phi) is 30.0. The third kappa shape index (κ3) is 28.7. The summed E-state index contributed by atoms with van der Waals surface area (Å²) in [5.41, 5.74) is 0. The van der Waals surface area contributed by atoms with Gasteiger partial charge in [-0.2, -0.15) is 0 Å². The van der Waals surface area contributed by atoms with Crippen molar-refractivity contribution in [1.29, 1.82) is 0 Å². The first-order chi connectivity index (χ1) is 20.4. The third-order valence-electron chi connectivity index (χ3n) is 8.10. The van der Waals surface area contributed by atoms with Gasteiger partial charge in [0.2, 0.25) is 0 Å². The Hall–Kier alpha value is -1.40. The monoisotopic (exact) mass is 596 g/mol. The van der Waals surface area contributed by atoms with E-state index in [1.54, 1.807) is 6.92 Å². The molecule has 0 saturated carbocycles. The molecule has 0 aliphatic rings. The molecule has 0 fully saturated rings. The number of carbonyl (C=O) groups excluding carboxylic acids is 2. The molecule has 0 unspecified atom stereocenters. The number of ether oxygens (including phenoxy) is 2. The normalized spacial score (nSPS) is 11.4. The Bertz CT molecular complexity index is 628. The Balaban J connectivity index is 3.96. The highest BCUT2D eigenvalue weighted by atomic mass is 16.5. The van der Waals surface area contributed by atoms with Gasteiger partial charge in [0.05, 0.1) is 12.4 Å². The van der Waals surface area contributed by atoms with Crippen LogP contribution in [-0.2, 0) is 19.1 Å². The quantitative estimate of drug-likeness (QED) is 0.0474. The predicted octanol–water partition coefficient (Wildman–Crippen LogP) is 9.53. The largest absolute Gasteiger partial charge is 0.466 e. The van der Waals surface area contributed by atoms with Crippen LogP contribution >= 0.6 is 0 Å². The van der Waals surface area contributed by atoms with Gasteiger partial charge in [0.15, 0.2) is 0 Å². The molecule has 6 nitrogen and oxygen atoms in total. The van der Waals surface area contributed by atoms with Gasteiger partial charge in [0.1, 0.15) is 0 Å². The van der Waals surface area contributed by atoms with E-state index in [-0.39, 0.29) is 18.5 Å². The summed E-state index contributed by atoms with van der Waals surface area (Å²) in [4.78, 5) is 26.3. The highest BCUT2D eigenvalue weighted by Gasteiger charge is 2.11. The Morgan fingerprint density at radius 1 is 0.643 bits per heavy atom. The molecule has 0 aliphatic carbocycles. The van der Waals surface area contributed by atoms with Gasteiger partial charge in [0.25, 0.3) is 0 Å². The van der Waals surface area contributed by atoms with Crippen molar-refractivity contribution in [3.05, 3.63) is 12.3 Å². The molecule has 0 aromatic heterocycles. The number of hydrogen-bond acceptors (Lipinski definition) is 6. The molecular weight excluding hydrogens is 526 g/mol. The minimum atomic E-state index is -0.174. The molecule has 248 valence electrons. The maximum Gasteiger partial charge on any atom is 0.310 e. The average molecular weight is 596 g/mol. The van der Waals surface area contributed by atoms with E-state index in [0.29, 0.717) is 31.1 Å². The fourth-order valence-corrected chi connectivity index (χ4v) is 5.51. The average Bonchev–Trinajstić information content (AvgIpc) is 2.95. The molecule has 0 spiro atoms. The summed E-state index contributed by atoms with van der Waals surface area (Å²) in [6.07, 6.45) is 25.3.